The van der Waals surface area contributed by atoms with Gasteiger partial charge in [0, 0.05) is 39.4 Å². The highest BCUT2D eigenvalue weighted by Gasteiger charge is 2.42. The minimum Gasteiger partial charge on any atom is -0.362 e. The SMILES string of the molecule is CC(OC1CN(C(=O)c2cc(S(=O)(=O)N3CCCCC3)cn2C)C1)C(F)(F)F. The molecule has 1 amide bonds. The molecule has 28 heavy (non-hydrogen) atoms. The number of hydrogen-bond donors (Lipinski definition) is 0. The van der Waals surface area contributed by atoms with Crippen LogP contribution in [-0.4, -0.2) is 72.7 Å². The Kier molecular flexibility index (Phi) is 5.79. The third kappa shape index (κ3) is 4.20. The zero-order chi connectivity index (χ0) is 20.7. The smallest absolute Gasteiger partial charge is 0.362 e. The summed E-state index contributed by atoms with van der Waals surface area (Å²) in [4.78, 5) is 14.0. The van der Waals surface area contributed by atoms with Crippen LogP contribution in [0.25, 0.3) is 0 Å². The third-order valence-corrected chi connectivity index (χ3v) is 7.01. The van der Waals surface area contributed by atoms with Crippen LogP contribution < -0.4 is 0 Å². The number of aryl methyl sites for hydroxylation is 1. The molecule has 2 aliphatic heterocycles. The second-order valence-electron chi connectivity index (χ2n) is 7.29. The lowest BCUT2D eigenvalue weighted by molar-refractivity contribution is -0.236. The molecule has 0 bridgehead atoms. The highest BCUT2D eigenvalue weighted by Crippen LogP contribution is 2.27. The highest BCUT2D eigenvalue weighted by molar-refractivity contribution is 7.89. The number of rotatable bonds is 5. The van der Waals surface area contributed by atoms with Crippen LogP contribution in [0.3, 0.4) is 0 Å². The predicted octanol–water partition coefficient (Wildman–Crippen LogP) is 1.99. The van der Waals surface area contributed by atoms with Crippen molar-refractivity contribution in [1.82, 2.24) is 13.8 Å². The van der Waals surface area contributed by atoms with Gasteiger partial charge in [0.15, 0.2) is 6.10 Å². The number of hydrogen-bond acceptors (Lipinski definition) is 4. The number of halogens is 3. The number of alkyl halides is 3. The van der Waals surface area contributed by atoms with Gasteiger partial charge in [-0.3, -0.25) is 4.79 Å². The zero-order valence-electron chi connectivity index (χ0n) is 15.8. The molecular weight excluding hydrogens is 399 g/mol. The molecule has 1 atom stereocenters. The van der Waals surface area contributed by atoms with Crippen molar-refractivity contribution >= 4 is 15.9 Å². The lowest BCUT2D eigenvalue weighted by atomic mass is 10.1. The van der Waals surface area contributed by atoms with E-state index in [4.69, 9.17) is 4.74 Å². The number of carbonyl (C=O) groups is 1. The number of likely N-dealkylation sites (tertiary alicyclic amines) is 1. The minimum absolute atomic E-state index is 0.0403. The van der Waals surface area contributed by atoms with Crippen molar-refractivity contribution in [2.24, 2.45) is 7.05 Å². The van der Waals surface area contributed by atoms with E-state index in [-0.39, 0.29) is 23.7 Å². The van der Waals surface area contributed by atoms with Gasteiger partial charge in [0.2, 0.25) is 10.0 Å². The molecule has 158 valence electrons. The summed E-state index contributed by atoms with van der Waals surface area (Å²) in [6, 6.07) is 1.33. The summed E-state index contributed by atoms with van der Waals surface area (Å²) in [5.41, 5.74) is 0.179. The minimum atomic E-state index is -4.44. The maximum absolute atomic E-state index is 12.8. The van der Waals surface area contributed by atoms with Crippen LogP contribution in [0.1, 0.15) is 36.7 Å². The van der Waals surface area contributed by atoms with E-state index in [1.807, 2.05) is 0 Å². The zero-order valence-corrected chi connectivity index (χ0v) is 16.6. The van der Waals surface area contributed by atoms with Crippen LogP contribution in [0.2, 0.25) is 0 Å². The standard InChI is InChI=1S/C17H24F3N3O4S/c1-12(17(18,19)20)27-13-9-22(10-13)16(24)15-8-14(11-21(15)2)28(25,26)23-6-4-3-5-7-23/h8,11-13H,3-7,9-10H2,1-2H3. The molecule has 3 heterocycles. The first-order chi connectivity index (χ1) is 13.0. The molecule has 0 spiro atoms. The van der Waals surface area contributed by atoms with Crippen molar-refractivity contribution in [3.05, 3.63) is 18.0 Å². The maximum Gasteiger partial charge on any atom is 0.414 e. The van der Waals surface area contributed by atoms with Gasteiger partial charge in [0.1, 0.15) is 10.6 Å². The summed E-state index contributed by atoms with van der Waals surface area (Å²) < 4.78 is 70.9. The van der Waals surface area contributed by atoms with Gasteiger partial charge < -0.3 is 14.2 Å². The van der Waals surface area contributed by atoms with Gasteiger partial charge in [-0.05, 0) is 25.8 Å². The average molecular weight is 423 g/mol. The molecule has 1 aromatic rings. The van der Waals surface area contributed by atoms with Gasteiger partial charge in [0.25, 0.3) is 5.91 Å². The van der Waals surface area contributed by atoms with E-state index in [0.29, 0.717) is 13.1 Å². The predicted molar refractivity (Wildman–Crippen MR) is 94.3 cm³/mol. The number of aromatic nitrogens is 1. The summed E-state index contributed by atoms with van der Waals surface area (Å²) in [7, 11) is -2.09. The van der Waals surface area contributed by atoms with E-state index in [1.54, 1.807) is 7.05 Å². The van der Waals surface area contributed by atoms with E-state index in [9.17, 15) is 26.4 Å². The average Bonchev–Trinajstić information content (AvgIpc) is 2.99. The summed E-state index contributed by atoms with van der Waals surface area (Å²) in [6.45, 7) is 1.93. The first-order valence-corrected chi connectivity index (χ1v) is 10.6. The van der Waals surface area contributed by atoms with E-state index in [1.165, 1.54) is 26.0 Å². The second-order valence-corrected chi connectivity index (χ2v) is 9.23. The molecule has 7 nitrogen and oxygen atoms in total. The molecule has 1 aromatic heterocycles. The Balaban J connectivity index is 1.65. The first-order valence-electron chi connectivity index (χ1n) is 9.18. The fourth-order valence-electron chi connectivity index (χ4n) is 3.36. The van der Waals surface area contributed by atoms with Crippen LogP contribution in [0.5, 0.6) is 0 Å². The normalized spacial score (nSPS) is 20.8. The Hall–Kier alpha value is -1.59. The van der Waals surface area contributed by atoms with Gasteiger partial charge in [-0.15, -0.1) is 0 Å². The molecular formula is C17H24F3N3O4S. The summed E-state index contributed by atoms with van der Waals surface area (Å²) in [5, 5.41) is 0. The first kappa shape index (κ1) is 21.1. The van der Waals surface area contributed by atoms with Gasteiger partial charge in [-0.2, -0.15) is 17.5 Å². The fraction of sp³-hybridized carbons (Fsp3) is 0.706. The van der Waals surface area contributed by atoms with Gasteiger partial charge in [-0.25, -0.2) is 8.42 Å². The Morgan fingerprint density at radius 3 is 2.39 bits per heavy atom. The Morgan fingerprint density at radius 2 is 1.82 bits per heavy atom. The van der Waals surface area contributed by atoms with Crippen molar-refractivity contribution in [3.8, 4) is 0 Å². The molecule has 2 aliphatic rings. The summed E-state index contributed by atoms with van der Waals surface area (Å²) in [5.74, 6) is -0.429. The molecule has 2 saturated heterocycles. The van der Waals surface area contributed by atoms with Crippen molar-refractivity contribution in [2.75, 3.05) is 26.2 Å². The maximum atomic E-state index is 12.8. The molecule has 0 aromatic carbocycles. The molecule has 2 fully saturated rings. The number of sulfonamides is 1. The van der Waals surface area contributed by atoms with E-state index < -0.39 is 34.3 Å². The van der Waals surface area contributed by atoms with E-state index in [2.05, 4.69) is 0 Å². The van der Waals surface area contributed by atoms with Crippen LogP contribution in [0.15, 0.2) is 17.2 Å². The third-order valence-electron chi connectivity index (χ3n) is 5.14. The summed E-state index contributed by atoms with van der Waals surface area (Å²) in [6.07, 6.45) is -3.01. The highest BCUT2D eigenvalue weighted by atomic mass is 32.2. The molecule has 1 unspecified atom stereocenters. The quantitative estimate of drug-likeness (QED) is 0.726. The van der Waals surface area contributed by atoms with Crippen molar-refractivity contribution in [2.45, 2.75) is 49.5 Å². The van der Waals surface area contributed by atoms with Crippen molar-refractivity contribution < 1.29 is 31.1 Å². The topological polar surface area (TPSA) is 71.8 Å². The lowest BCUT2D eigenvalue weighted by Gasteiger charge is -2.40. The fourth-order valence-corrected chi connectivity index (χ4v) is 4.95. The van der Waals surface area contributed by atoms with Crippen LogP contribution in [0.4, 0.5) is 13.2 Å². The summed E-state index contributed by atoms with van der Waals surface area (Å²) >= 11 is 0. The van der Waals surface area contributed by atoms with Crippen LogP contribution in [0, 0.1) is 0 Å². The van der Waals surface area contributed by atoms with Gasteiger partial charge >= 0.3 is 6.18 Å². The number of carbonyl (C=O) groups excluding carboxylic acids is 1. The van der Waals surface area contributed by atoms with Crippen LogP contribution >= 0.6 is 0 Å². The second kappa shape index (κ2) is 7.68. The Bertz CT molecular complexity index is 825. The molecule has 11 heteroatoms. The van der Waals surface area contributed by atoms with E-state index >= 15 is 0 Å². The number of nitrogens with zero attached hydrogens (tertiary/aromatic N) is 3. The molecule has 3 rings (SSSR count). The largest absolute Gasteiger partial charge is 0.414 e. The van der Waals surface area contributed by atoms with Crippen LogP contribution in [-0.2, 0) is 21.8 Å². The number of ether oxygens (including phenoxy) is 1. The van der Waals surface area contributed by atoms with Gasteiger partial charge in [0.05, 0.1) is 6.10 Å². The molecule has 0 saturated carbocycles. The van der Waals surface area contributed by atoms with Crippen molar-refractivity contribution in [1.29, 1.82) is 0 Å². The number of piperidine rings is 1. The lowest BCUT2D eigenvalue weighted by Crippen LogP contribution is -2.56. The van der Waals surface area contributed by atoms with Gasteiger partial charge in [-0.1, -0.05) is 6.42 Å². The monoisotopic (exact) mass is 423 g/mol. The molecule has 0 radical (unpaired) electrons. The Labute approximate surface area is 162 Å². The number of amides is 1. The van der Waals surface area contributed by atoms with E-state index in [0.717, 1.165) is 26.2 Å². The molecule has 0 aliphatic carbocycles. The Morgan fingerprint density at radius 1 is 1.21 bits per heavy atom. The van der Waals surface area contributed by atoms with Crippen molar-refractivity contribution in [3.63, 3.8) is 0 Å². The molecule has 0 N–H and O–H groups in total.